The Morgan fingerprint density at radius 2 is 1.58 bits per heavy atom. The smallest absolute Gasteiger partial charge is 0.338 e. The maximum absolute atomic E-state index is 13.6. The molecule has 0 aromatic heterocycles. The van der Waals surface area contributed by atoms with Gasteiger partial charge in [-0.15, -0.1) is 0 Å². The first-order valence-corrected chi connectivity index (χ1v) is 10.0. The Kier molecular flexibility index (Phi) is 8.68. The van der Waals surface area contributed by atoms with Crippen LogP contribution in [-0.4, -0.2) is 24.1 Å². The summed E-state index contributed by atoms with van der Waals surface area (Å²) in [5.74, 6) is 0.481. The molecule has 1 rings (SSSR count). The van der Waals surface area contributed by atoms with Gasteiger partial charge in [-0.2, -0.15) is 0 Å². The molecular formula is C18H30NO4P. The van der Waals surface area contributed by atoms with Gasteiger partial charge in [0.2, 0.25) is 0 Å². The van der Waals surface area contributed by atoms with Gasteiger partial charge in [-0.1, -0.05) is 63.2 Å². The molecule has 0 aliphatic heterocycles. The summed E-state index contributed by atoms with van der Waals surface area (Å²) >= 11 is 0. The van der Waals surface area contributed by atoms with Crippen molar-refractivity contribution in [3.8, 4) is 0 Å². The second-order valence-electron chi connectivity index (χ2n) is 6.88. The number of hydrogen-bond donors (Lipinski definition) is 1. The van der Waals surface area contributed by atoms with Crippen molar-refractivity contribution in [2.24, 2.45) is 17.0 Å². The van der Waals surface area contributed by atoms with Crippen LogP contribution < -0.4 is 0 Å². The van der Waals surface area contributed by atoms with Crippen LogP contribution in [0.4, 0.5) is 0 Å². The summed E-state index contributed by atoms with van der Waals surface area (Å²) in [5.41, 5.74) is 0.855. The highest BCUT2D eigenvalue weighted by Gasteiger charge is 2.38. The number of benzene rings is 1. The highest BCUT2D eigenvalue weighted by molar-refractivity contribution is 7.54. The van der Waals surface area contributed by atoms with E-state index in [1.54, 1.807) is 6.92 Å². The summed E-state index contributed by atoms with van der Waals surface area (Å²) in [5, 5.41) is 12.3. The van der Waals surface area contributed by atoms with Gasteiger partial charge >= 0.3 is 7.60 Å². The first kappa shape index (κ1) is 20.9. The summed E-state index contributed by atoms with van der Waals surface area (Å²) in [6.07, 6.45) is 0.313. The van der Waals surface area contributed by atoms with E-state index in [2.05, 4.69) is 5.16 Å². The van der Waals surface area contributed by atoms with Crippen molar-refractivity contribution < 1.29 is 18.8 Å². The molecule has 0 fully saturated rings. The standard InChI is InChI=1S/C18H30NO4P/c1-14(2)12-22-24(21,23-13-15(3)4)18(11-16(5)19-20)17-9-7-6-8-10-17/h6-10,14-15,18,20H,11-13H2,1-5H3. The number of oxime groups is 1. The van der Waals surface area contributed by atoms with Gasteiger partial charge in [0.25, 0.3) is 0 Å². The predicted molar refractivity (Wildman–Crippen MR) is 97.9 cm³/mol. The van der Waals surface area contributed by atoms with E-state index in [1.807, 2.05) is 58.0 Å². The van der Waals surface area contributed by atoms with Crippen LogP contribution in [0.15, 0.2) is 35.5 Å². The van der Waals surface area contributed by atoms with E-state index >= 15 is 0 Å². The first-order valence-electron chi connectivity index (χ1n) is 8.39. The van der Waals surface area contributed by atoms with Crippen LogP contribution in [0.2, 0.25) is 0 Å². The minimum atomic E-state index is -3.42. The van der Waals surface area contributed by atoms with Crippen molar-refractivity contribution in [1.82, 2.24) is 0 Å². The molecule has 0 radical (unpaired) electrons. The quantitative estimate of drug-likeness (QED) is 0.260. The van der Waals surface area contributed by atoms with Gasteiger partial charge in [-0.3, -0.25) is 4.57 Å². The Balaban J connectivity index is 3.19. The fraction of sp³-hybridized carbons (Fsp3) is 0.611. The molecule has 0 aliphatic rings. The van der Waals surface area contributed by atoms with E-state index in [-0.39, 0.29) is 11.8 Å². The van der Waals surface area contributed by atoms with E-state index in [0.29, 0.717) is 25.3 Å². The van der Waals surface area contributed by atoms with Crippen LogP contribution in [0.5, 0.6) is 0 Å². The van der Waals surface area contributed by atoms with Crippen molar-refractivity contribution in [3.05, 3.63) is 35.9 Å². The summed E-state index contributed by atoms with van der Waals surface area (Å²) in [6.45, 7) is 10.4. The third-order valence-corrected chi connectivity index (χ3v) is 5.66. The van der Waals surface area contributed by atoms with Gasteiger partial charge < -0.3 is 14.3 Å². The van der Waals surface area contributed by atoms with E-state index in [0.717, 1.165) is 5.56 Å². The highest BCUT2D eigenvalue weighted by atomic mass is 31.2. The Morgan fingerprint density at radius 1 is 1.08 bits per heavy atom. The molecule has 5 nitrogen and oxygen atoms in total. The maximum atomic E-state index is 13.6. The molecule has 0 bridgehead atoms. The molecule has 1 atom stereocenters. The molecule has 0 heterocycles. The van der Waals surface area contributed by atoms with Crippen molar-refractivity contribution in [1.29, 1.82) is 0 Å². The van der Waals surface area contributed by atoms with Crippen LogP contribution in [0.25, 0.3) is 0 Å². The van der Waals surface area contributed by atoms with E-state index < -0.39 is 13.3 Å². The van der Waals surface area contributed by atoms with Crippen molar-refractivity contribution in [3.63, 3.8) is 0 Å². The molecule has 1 aromatic rings. The van der Waals surface area contributed by atoms with Gasteiger partial charge in [0.1, 0.15) is 0 Å². The average Bonchev–Trinajstić information content (AvgIpc) is 2.56. The van der Waals surface area contributed by atoms with Crippen molar-refractivity contribution in [2.75, 3.05) is 13.2 Å². The molecule has 136 valence electrons. The Hall–Kier alpha value is -1.16. The maximum Gasteiger partial charge on any atom is 0.338 e. The lowest BCUT2D eigenvalue weighted by Crippen LogP contribution is -2.14. The van der Waals surface area contributed by atoms with E-state index in [9.17, 15) is 4.57 Å². The zero-order valence-corrected chi connectivity index (χ0v) is 16.2. The molecule has 1 aromatic carbocycles. The lowest BCUT2D eigenvalue weighted by Gasteiger charge is -2.28. The topological polar surface area (TPSA) is 68.1 Å². The minimum absolute atomic E-state index is 0.241. The average molecular weight is 355 g/mol. The van der Waals surface area contributed by atoms with Crippen LogP contribution in [0.3, 0.4) is 0 Å². The SMILES string of the molecule is CC(CC(c1ccccc1)P(=O)(OCC(C)C)OCC(C)C)=NO. The Labute approximate surface area is 145 Å². The predicted octanol–water partition coefficient (Wildman–Crippen LogP) is 5.51. The second-order valence-corrected chi connectivity index (χ2v) is 9.10. The Bertz CT molecular complexity index is 541. The number of rotatable bonds is 10. The molecule has 0 saturated heterocycles. The Morgan fingerprint density at radius 3 is 2.00 bits per heavy atom. The molecule has 0 amide bonds. The third-order valence-electron chi connectivity index (χ3n) is 3.40. The first-order chi connectivity index (χ1) is 11.3. The van der Waals surface area contributed by atoms with Crippen LogP contribution in [-0.2, 0) is 13.6 Å². The molecule has 1 unspecified atom stereocenters. The second kappa shape index (κ2) is 9.97. The molecule has 0 spiro atoms. The summed E-state index contributed by atoms with van der Waals surface area (Å²) in [4.78, 5) is 0. The van der Waals surface area contributed by atoms with Crippen LogP contribution in [0, 0.1) is 11.8 Å². The van der Waals surface area contributed by atoms with Gasteiger partial charge in [0.15, 0.2) is 0 Å². The normalized spacial score (nSPS) is 14.4. The zero-order valence-electron chi connectivity index (χ0n) is 15.3. The fourth-order valence-electron chi connectivity index (χ4n) is 2.13. The monoisotopic (exact) mass is 355 g/mol. The molecule has 1 N–H and O–H groups in total. The van der Waals surface area contributed by atoms with E-state index in [1.165, 1.54) is 0 Å². The highest BCUT2D eigenvalue weighted by Crippen LogP contribution is 2.63. The molecule has 0 saturated carbocycles. The molecular weight excluding hydrogens is 325 g/mol. The van der Waals surface area contributed by atoms with Gasteiger partial charge in [-0.05, 0) is 24.3 Å². The largest absolute Gasteiger partial charge is 0.411 e. The summed E-state index contributed by atoms with van der Waals surface area (Å²) in [6, 6.07) is 9.49. The molecule has 0 aliphatic carbocycles. The van der Waals surface area contributed by atoms with Gasteiger partial charge in [-0.25, -0.2) is 0 Å². The third kappa shape index (κ3) is 6.76. The van der Waals surface area contributed by atoms with Gasteiger partial charge in [0, 0.05) is 6.42 Å². The zero-order chi connectivity index (χ0) is 18.2. The fourth-order valence-corrected chi connectivity index (χ4v) is 4.60. The lowest BCUT2D eigenvalue weighted by molar-refractivity contribution is 0.167. The van der Waals surface area contributed by atoms with Gasteiger partial charge in [0.05, 0.1) is 24.6 Å². The number of nitrogens with zero attached hydrogens (tertiary/aromatic N) is 1. The molecule has 24 heavy (non-hydrogen) atoms. The summed E-state index contributed by atoms with van der Waals surface area (Å²) in [7, 11) is -3.42. The van der Waals surface area contributed by atoms with E-state index in [4.69, 9.17) is 14.3 Å². The van der Waals surface area contributed by atoms with Crippen molar-refractivity contribution in [2.45, 2.75) is 46.7 Å². The lowest BCUT2D eigenvalue weighted by atomic mass is 10.1. The van der Waals surface area contributed by atoms with Crippen molar-refractivity contribution >= 4 is 13.3 Å². The minimum Gasteiger partial charge on any atom is -0.411 e. The van der Waals surface area contributed by atoms with Crippen LogP contribution >= 0.6 is 7.60 Å². The molecule has 6 heteroatoms. The van der Waals surface area contributed by atoms with Crippen LogP contribution in [0.1, 0.15) is 52.3 Å². The number of hydrogen-bond acceptors (Lipinski definition) is 5. The summed E-state index contributed by atoms with van der Waals surface area (Å²) < 4.78 is 25.2.